The van der Waals surface area contributed by atoms with Crippen molar-refractivity contribution in [1.29, 1.82) is 0 Å². The summed E-state index contributed by atoms with van der Waals surface area (Å²) >= 11 is 0. The second-order valence-electron chi connectivity index (χ2n) is 5.15. The van der Waals surface area contributed by atoms with Crippen LogP contribution in [0.4, 0.5) is 0 Å². The van der Waals surface area contributed by atoms with Crippen LogP contribution in [0.15, 0.2) is 66.9 Å². The molecule has 2 aromatic carbocycles. The standard InChI is InChI=1S/C16H11NO2.H4O7P2/c18-16(13-6-2-1-3-7-13)19-14-10-4-8-12-9-5-11-17-15(12)14;1-8(2,3)7-9(4,5)6/h1-11H;(H2,1,2,3)(H2,4,5,6). The van der Waals surface area contributed by atoms with Crippen LogP contribution in [0.5, 0.6) is 5.75 Å². The number of hydrogen-bond donors (Lipinski definition) is 4. The zero-order valence-electron chi connectivity index (χ0n) is 14.0. The number of esters is 1. The molecular formula is C16H15NO9P2. The molecule has 0 saturated heterocycles. The molecule has 0 fully saturated rings. The van der Waals surface area contributed by atoms with Crippen molar-refractivity contribution in [3.63, 3.8) is 0 Å². The largest absolute Gasteiger partial charge is 0.478 e. The minimum absolute atomic E-state index is 0.376. The van der Waals surface area contributed by atoms with Gasteiger partial charge in [0.15, 0.2) is 5.75 Å². The third-order valence-corrected chi connectivity index (χ3v) is 4.72. The average molecular weight is 427 g/mol. The Morgan fingerprint density at radius 1 is 0.821 bits per heavy atom. The summed E-state index contributed by atoms with van der Waals surface area (Å²) in [7, 11) is -10.1. The lowest BCUT2D eigenvalue weighted by Gasteiger charge is -2.06. The van der Waals surface area contributed by atoms with E-state index in [1.165, 1.54) is 0 Å². The summed E-state index contributed by atoms with van der Waals surface area (Å²) in [4.78, 5) is 47.3. The predicted octanol–water partition coefficient (Wildman–Crippen LogP) is 2.64. The minimum Gasteiger partial charge on any atom is -0.421 e. The number of nitrogens with zero attached hydrogens (tertiary/aromatic N) is 1. The molecule has 0 aliphatic carbocycles. The molecule has 0 radical (unpaired) electrons. The van der Waals surface area contributed by atoms with Gasteiger partial charge in [-0.1, -0.05) is 36.4 Å². The number of carbonyl (C=O) groups is 1. The first-order chi connectivity index (χ1) is 13.1. The van der Waals surface area contributed by atoms with Crippen LogP contribution < -0.4 is 4.74 Å². The van der Waals surface area contributed by atoms with Gasteiger partial charge >= 0.3 is 21.6 Å². The van der Waals surface area contributed by atoms with Crippen LogP contribution in [0.1, 0.15) is 10.4 Å². The van der Waals surface area contributed by atoms with Crippen LogP contribution >= 0.6 is 15.6 Å². The Morgan fingerprint density at radius 3 is 2.00 bits per heavy atom. The molecule has 10 nitrogen and oxygen atoms in total. The molecule has 148 valence electrons. The number of pyridine rings is 1. The summed E-state index contributed by atoms with van der Waals surface area (Å²) in [5.41, 5.74) is 1.21. The minimum atomic E-state index is -5.05. The molecule has 0 saturated carbocycles. The lowest BCUT2D eigenvalue weighted by Crippen LogP contribution is -2.08. The van der Waals surface area contributed by atoms with Gasteiger partial charge in [0.1, 0.15) is 5.52 Å². The number of ether oxygens (including phenoxy) is 1. The molecule has 3 aromatic rings. The van der Waals surface area contributed by atoms with Gasteiger partial charge in [0.25, 0.3) is 0 Å². The van der Waals surface area contributed by atoms with Crippen LogP contribution in [0, 0.1) is 0 Å². The third-order valence-electron chi connectivity index (χ3n) is 3.02. The monoisotopic (exact) mass is 427 g/mol. The van der Waals surface area contributed by atoms with Gasteiger partial charge in [-0.25, -0.2) is 13.9 Å². The highest BCUT2D eigenvalue weighted by Crippen LogP contribution is 2.53. The quantitative estimate of drug-likeness (QED) is 0.276. The number of aromatic nitrogens is 1. The molecule has 28 heavy (non-hydrogen) atoms. The number of rotatable bonds is 4. The van der Waals surface area contributed by atoms with Crippen molar-refractivity contribution in [2.45, 2.75) is 0 Å². The maximum absolute atomic E-state index is 12.0. The van der Waals surface area contributed by atoms with E-state index in [1.54, 1.807) is 36.5 Å². The predicted molar refractivity (Wildman–Crippen MR) is 98.3 cm³/mol. The second-order valence-corrected chi connectivity index (χ2v) is 7.77. The van der Waals surface area contributed by atoms with Gasteiger partial charge in [-0.05, 0) is 24.3 Å². The normalized spacial score (nSPS) is 11.4. The van der Waals surface area contributed by atoms with Gasteiger partial charge in [-0.15, -0.1) is 0 Å². The van der Waals surface area contributed by atoms with Crippen molar-refractivity contribution < 1.29 is 42.5 Å². The van der Waals surface area contributed by atoms with E-state index in [1.807, 2.05) is 30.3 Å². The van der Waals surface area contributed by atoms with Crippen molar-refractivity contribution in [2.24, 2.45) is 0 Å². The number of benzene rings is 2. The first-order valence-corrected chi connectivity index (χ1v) is 10.5. The Labute approximate surface area is 158 Å². The van der Waals surface area contributed by atoms with Crippen LogP contribution in [-0.4, -0.2) is 30.5 Å². The van der Waals surface area contributed by atoms with Crippen LogP contribution in [0.2, 0.25) is 0 Å². The van der Waals surface area contributed by atoms with E-state index in [0.29, 0.717) is 16.8 Å². The molecule has 0 spiro atoms. The van der Waals surface area contributed by atoms with Crippen molar-refractivity contribution in [2.75, 3.05) is 0 Å². The number of carbonyl (C=O) groups excluding carboxylic acids is 1. The summed E-state index contributed by atoms with van der Waals surface area (Å²) in [6.45, 7) is 0. The number of hydrogen-bond acceptors (Lipinski definition) is 6. The zero-order valence-corrected chi connectivity index (χ0v) is 15.8. The molecule has 0 aliphatic rings. The Morgan fingerprint density at radius 2 is 1.43 bits per heavy atom. The fourth-order valence-corrected chi connectivity index (χ4v) is 3.14. The SMILES string of the molecule is O=C(Oc1cccc2cccnc12)c1ccccc1.O=P(O)(O)OP(=O)(O)O. The first-order valence-electron chi connectivity index (χ1n) is 7.48. The molecule has 0 bridgehead atoms. The highest BCUT2D eigenvalue weighted by molar-refractivity contribution is 7.60. The topological polar surface area (TPSA) is 163 Å². The maximum atomic E-state index is 12.0. The molecule has 12 heteroatoms. The molecule has 1 heterocycles. The fourth-order valence-electron chi connectivity index (χ4n) is 2.03. The lowest BCUT2D eigenvalue weighted by atomic mass is 10.2. The molecular weight excluding hydrogens is 412 g/mol. The summed E-state index contributed by atoms with van der Waals surface area (Å²) in [6.07, 6.45) is 1.68. The fraction of sp³-hybridized carbons (Fsp3) is 0. The second kappa shape index (κ2) is 9.18. The molecule has 0 amide bonds. The highest BCUT2D eigenvalue weighted by atomic mass is 31.3. The molecule has 0 atom stereocenters. The van der Waals surface area contributed by atoms with Crippen LogP contribution in [-0.2, 0) is 13.4 Å². The number of phosphoric acid groups is 2. The van der Waals surface area contributed by atoms with Gasteiger partial charge in [0.05, 0.1) is 5.56 Å². The summed E-state index contributed by atoms with van der Waals surface area (Å²) in [5, 5.41) is 0.945. The highest BCUT2D eigenvalue weighted by Gasteiger charge is 2.27. The Balaban J connectivity index is 0.000000266. The Kier molecular flexibility index (Phi) is 7.17. The van der Waals surface area contributed by atoms with Crippen LogP contribution in [0.25, 0.3) is 10.9 Å². The summed E-state index contributed by atoms with van der Waals surface area (Å²) in [5.74, 6) is 0.103. The molecule has 4 N–H and O–H groups in total. The Bertz CT molecular complexity index is 1020. The number of para-hydroxylation sites is 1. The van der Waals surface area contributed by atoms with E-state index < -0.39 is 15.6 Å². The Hall–Kier alpha value is -2.42. The van der Waals surface area contributed by atoms with Crippen molar-refractivity contribution >= 4 is 32.5 Å². The average Bonchev–Trinajstić information content (AvgIpc) is 2.60. The van der Waals surface area contributed by atoms with Gasteiger partial charge in [0.2, 0.25) is 0 Å². The van der Waals surface area contributed by atoms with Crippen molar-refractivity contribution in [1.82, 2.24) is 4.98 Å². The van der Waals surface area contributed by atoms with Gasteiger partial charge in [-0.2, -0.15) is 4.31 Å². The van der Waals surface area contributed by atoms with Gasteiger partial charge in [0, 0.05) is 11.6 Å². The van der Waals surface area contributed by atoms with E-state index in [4.69, 9.17) is 24.3 Å². The van der Waals surface area contributed by atoms with E-state index in [9.17, 15) is 13.9 Å². The van der Waals surface area contributed by atoms with Gasteiger partial charge in [-0.3, -0.25) is 4.98 Å². The lowest BCUT2D eigenvalue weighted by molar-refractivity contribution is 0.0736. The first kappa shape index (κ1) is 21.9. The van der Waals surface area contributed by atoms with Crippen LogP contribution in [0.3, 0.4) is 0 Å². The van der Waals surface area contributed by atoms with E-state index in [2.05, 4.69) is 9.29 Å². The maximum Gasteiger partial charge on any atom is 0.478 e. The smallest absolute Gasteiger partial charge is 0.421 e. The van der Waals surface area contributed by atoms with Gasteiger partial charge < -0.3 is 24.3 Å². The van der Waals surface area contributed by atoms with Crippen molar-refractivity contribution in [3.8, 4) is 5.75 Å². The van der Waals surface area contributed by atoms with E-state index in [0.717, 1.165) is 5.39 Å². The molecule has 1 aromatic heterocycles. The summed E-state index contributed by atoms with van der Waals surface area (Å²) in [6, 6.07) is 18.2. The number of fused-ring (bicyclic) bond motifs is 1. The van der Waals surface area contributed by atoms with E-state index >= 15 is 0 Å². The molecule has 0 aliphatic heterocycles. The molecule has 0 unspecified atom stereocenters. The third kappa shape index (κ3) is 7.30. The summed E-state index contributed by atoms with van der Waals surface area (Å²) < 4.78 is 27.6. The molecule has 3 rings (SSSR count). The van der Waals surface area contributed by atoms with E-state index in [-0.39, 0.29) is 5.97 Å². The van der Waals surface area contributed by atoms with Crippen molar-refractivity contribution in [3.05, 3.63) is 72.4 Å². The zero-order chi connectivity index (χ0) is 20.8.